The molecule has 3 heterocycles. The molecule has 0 aliphatic rings. The van der Waals surface area contributed by atoms with Crippen molar-refractivity contribution >= 4 is 22.1 Å². The van der Waals surface area contributed by atoms with E-state index in [9.17, 15) is 4.79 Å². The van der Waals surface area contributed by atoms with Crippen LogP contribution in [0.5, 0.6) is 11.5 Å². The molecule has 0 saturated carbocycles. The number of hydrogen-bond acceptors (Lipinski definition) is 3. The zero-order valence-electron chi connectivity index (χ0n) is 26.9. The zero-order valence-corrected chi connectivity index (χ0v) is 26.9. The molecule has 0 N–H and O–H groups in total. The maximum absolute atomic E-state index is 14.2. The first-order valence-electron chi connectivity index (χ1n) is 15.9. The molecule has 3 aromatic heterocycles. The van der Waals surface area contributed by atoms with Crippen LogP contribution in [0.3, 0.4) is 0 Å². The van der Waals surface area contributed by atoms with Crippen LogP contribution in [0.2, 0.25) is 0 Å². The third-order valence-electron chi connectivity index (χ3n) is 8.56. The molecular weight excluding hydrogens is 594 g/mol. The Kier molecular flexibility index (Phi) is 7.03. The predicted molar refractivity (Wildman–Crippen MR) is 189 cm³/mol. The van der Waals surface area contributed by atoms with Gasteiger partial charge in [-0.3, -0.25) is 13.7 Å². The number of rotatable bonds is 6. The van der Waals surface area contributed by atoms with Crippen molar-refractivity contribution in [2.45, 2.75) is 26.2 Å². The van der Waals surface area contributed by atoms with Crippen LogP contribution in [-0.4, -0.2) is 18.7 Å². The maximum atomic E-state index is 14.2. The number of imidazole rings is 2. The number of nitrogens with zero attached hydrogens (tertiary/aromatic N) is 5. The highest BCUT2D eigenvalue weighted by Crippen LogP contribution is 2.31. The van der Waals surface area contributed by atoms with Crippen LogP contribution in [0.1, 0.15) is 26.3 Å². The number of ether oxygens (including phenoxy) is 1. The first-order valence-corrected chi connectivity index (χ1v) is 15.9. The highest BCUT2D eigenvalue weighted by atomic mass is 16.5. The van der Waals surface area contributed by atoms with Crippen molar-refractivity contribution in [3.63, 3.8) is 0 Å². The van der Waals surface area contributed by atoms with Crippen LogP contribution >= 0.6 is 0 Å². The summed E-state index contributed by atoms with van der Waals surface area (Å²) in [5.74, 6) is 1.83. The van der Waals surface area contributed by atoms with Gasteiger partial charge in [-0.1, -0.05) is 87.5 Å². The topological polar surface area (TPSA) is 57.9 Å². The summed E-state index contributed by atoms with van der Waals surface area (Å²) >= 11 is 0. The zero-order chi connectivity index (χ0) is 32.8. The van der Waals surface area contributed by atoms with Crippen molar-refractivity contribution < 1.29 is 9.30 Å². The minimum Gasteiger partial charge on any atom is -0.458 e. The summed E-state index contributed by atoms with van der Waals surface area (Å²) in [5, 5.41) is 0. The van der Waals surface area contributed by atoms with E-state index in [1.165, 1.54) is 0 Å². The van der Waals surface area contributed by atoms with E-state index in [-0.39, 0.29) is 11.1 Å². The van der Waals surface area contributed by atoms with E-state index in [2.05, 4.69) is 60.9 Å². The Morgan fingerprint density at radius 1 is 0.646 bits per heavy atom. The molecule has 8 aromatic rings. The summed E-state index contributed by atoms with van der Waals surface area (Å²) in [5.41, 5.74) is 7.03. The van der Waals surface area contributed by atoms with E-state index in [1.54, 1.807) is 15.3 Å². The van der Waals surface area contributed by atoms with Crippen LogP contribution in [0, 0.1) is 6.33 Å². The molecule has 0 radical (unpaired) electrons. The molecule has 0 unspecified atom stereocenters. The molecular formula is C41H33N5O2. The second-order valence-corrected chi connectivity index (χ2v) is 12.8. The Morgan fingerprint density at radius 2 is 1.35 bits per heavy atom. The van der Waals surface area contributed by atoms with Gasteiger partial charge in [-0.05, 0) is 77.7 Å². The van der Waals surface area contributed by atoms with Crippen molar-refractivity contribution in [3.05, 3.63) is 168 Å². The molecule has 0 aliphatic carbocycles. The normalized spacial score (nSPS) is 11.7. The molecule has 7 heteroatoms. The van der Waals surface area contributed by atoms with Crippen LogP contribution in [0.25, 0.3) is 44.9 Å². The third kappa shape index (κ3) is 5.15. The smallest absolute Gasteiger partial charge is 0.339 e. The van der Waals surface area contributed by atoms with Crippen LogP contribution in [-0.2, 0) is 5.41 Å². The standard InChI is InChI=1S/C41H33N5O2/c1-41(2,3)29-23-24-42-39(25-29)46-38-27-34(21-22-37(38)45(40(46)47)31-15-8-5-9-16-31)48-33-18-12-17-32(26-33)44-28-43(30-13-6-4-7-14-30)35-19-10-11-20-36(35)44/h4-27H,1-3H3. The molecule has 7 nitrogen and oxygen atoms in total. The molecule has 5 aromatic carbocycles. The van der Waals surface area contributed by atoms with E-state index in [4.69, 9.17) is 4.74 Å². The van der Waals surface area contributed by atoms with E-state index in [1.807, 2.05) is 120 Å². The summed E-state index contributed by atoms with van der Waals surface area (Å²) in [6.45, 7) is 6.45. The van der Waals surface area contributed by atoms with Gasteiger partial charge in [0.2, 0.25) is 0 Å². The summed E-state index contributed by atoms with van der Waals surface area (Å²) in [7, 11) is 0. The van der Waals surface area contributed by atoms with E-state index in [0.29, 0.717) is 22.8 Å². The lowest BCUT2D eigenvalue weighted by molar-refractivity contribution is -0.572. The van der Waals surface area contributed by atoms with Crippen molar-refractivity contribution in [3.8, 4) is 34.4 Å². The second-order valence-electron chi connectivity index (χ2n) is 12.8. The lowest BCUT2D eigenvalue weighted by Gasteiger charge is -2.19. The fourth-order valence-corrected chi connectivity index (χ4v) is 6.14. The Bertz CT molecular complexity index is 2490. The molecule has 8 rings (SSSR count). The van der Waals surface area contributed by atoms with Gasteiger partial charge >= 0.3 is 5.69 Å². The van der Waals surface area contributed by atoms with E-state index < -0.39 is 0 Å². The molecule has 0 saturated heterocycles. The molecule has 0 bridgehead atoms. The quantitative estimate of drug-likeness (QED) is 0.138. The molecule has 234 valence electrons. The van der Waals surface area contributed by atoms with Gasteiger partial charge < -0.3 is 4.74 Å². The van der Waals surface area contributed by atoms with Crippen LogP contribution in [0.4, 0.5) is 0 Å². The molecule has 0 aliphatic heterocycles. The van der Waals surface area contributed by atoms with Gasteiger partial charge in [0.1, 0.15) is 17.3 Å². The van der Waals surface area contributed by atoms with Gasteiger partial charge in [0.25, 0.3) is 6.33 Å². The summed E-state index contributed by atoms with van der Waals surface area (Å²) in [6.07, 6.45) is 5.30. The number of fused-ring (bicyclic) bond motifs is 2. The number of hydrogen-bond donors (Lipinski definition) is 0. The highest BCUT2D eigenvalue weighted by Gasteiger charge is 2.21. The Morgan fingerprint density at radius 3 is 2.15 bits per heavy atom. The predicted octanol–water partition coefficient (Wildman–Crippen LogP) is 8.29. The van der Waals surface area contributed by atoms with Crippen molar-refractivity contribution in [2.75, 3.05) is 0 Å². The summed E-state index contributed by atoms with van der Waals surface area (Å²) in [6, 6.07) is 45.8. The largest absolute Gasteiger partial charge is 0.458 e. The van der Waals surface area contributed by atoms with Gasteiger partial charge in [-0.2, -0.15) is 0 Å². The number of benzene rings is 5. The second kappa shape index (κ2) is 11.5. The first kappa shape index (κ1) is 29.2. The Hall–Kier alpha value is -6.21. The molecule has 48 heavy (non-hydrogen) atoms. The number of pyridine rings is 1. The van der Waals surface area contributed by atoms with Gasteiger partial charge in [0.05, 0.1) is 39.1 Å². The van der Waals surface area contributed by atoms with Crippen molar-refractivity contribution in [1.82, 2.24) is 18.7 Å². The Balaban J connectivity index is 1.23. The van der Waals surface area contributed by atoms with Crippen molar-refractivity contribution in [1.29, 1.82) is 0 Å². The summed E-state index contributed by atoms with van der Waals surface area (Å²) < 4.78 is 14.0. The van der Waals surface area contributed by atoms with Crippen molar-refractivity contribution in [2.24, 2.45) is 0 Å². The van der Waals surface area contributed by atoms with Crippen LogP contribution in [0.15, 0.2) is 151 Å². The Labute approximate surface area is 278 Å². The lowest BCUT2D eigenvalue weighted by Crippen LogP contribution is -2.29. The molecule has 0 atom stereocenters. The molecule has 0 fully saturated rings. The van der Waals surface area contributed by atoms with Gasteiger partial charge in [0, 0.05) is 12.3 Å². The first-order chi connectivity index (χ1) is 23.3. The fourth-order valence-electron chi connectivity index (χ4n) is 6.14. The lowest BCUT2D eigenvalue weighted by atomic mass is 9.88. The minimum absolute atomic E-state index is 0.110. The minimum atomic E-state index is -0.198. The summed E-state index contributed by atoms with van der Waals surface area (Å²) in [4.78, 5) is 18.8. The fraction of sp³-hybridized carbons (Fsp3) is 0.0976. The maximum Gasteiger partial charge on any atom is 0.339 e. The van der Waals surface area contributed by atoms with Gasteiger partial charge in [-0.15, -0.1) is 0 Å². The average molecular weight is 628 g/mol. The number of aromatic nitrogens is 5. The number of para-hydroxylation sites is 4. The van der Waals surface area contributed by atoms with Gasteiger partial charge in [0.15, 0.2) is 0 Å². The van der Waals surface area contributed by atoms with Crippen LogP contribution < -0.4 is 15.0 Å². The van der Waals surface area contributed by atoms with Gasteiger partial charge in [-0.25, -0.2) is 14.3 Å². The average Bonchev–Trinajstić information content (AvgIpc) is 3.64. The SMILES string of the molecule is CC(C)(C)c1ccnc(-n2c(=O)n(-c3ccccc3)c3ccc(Oc4cccc(-n5[c-][n+](-c6ccccc6)c6ccccc65)c4)cc32)c1. The molecule has 0 spiro atoms. The highest BCUT2D eigenvalue weighted by molar-refractivity contribution is 5.81. The monoisotopic (exact) mass is 627 g/mol. The van der Waals surface area contributed by atoms with E-state index in [0.717, 1.165) is 39.2 Å². The third-order valence-corrected chi connectivity index (χ3v) is 8.56. The van der Waals surface area contributed by atoms with E-state index >= 15 is 0 Å². The molecule has 0 amide bonds.